The van der Waals surface area contributed by atoms with Crippen LogP contribution < -0.4 is 4.74 Å². The minimum atomic E-state index is 0.353. The van der Waals surface area contributed by atoms with Crippen LogP contribution >= 0.6 is 46.4 Å². The number of aromatic nitrogens is 2. The molecular formula is C14H10Cl4N2O. The molecule has 21 heavy (non-hydrogen) atoms. The second-order valence-electron chi connectivity index (χ2n) is 4.88. The highest BCUT2D eigenvalue weighted by Crippen LogP contribution is 2.41. The van der Waals surface area contributed by atoms with Gasteiger partial charge in [0.2, 0.25) is 5.88 Å². The maximum absolute atomic E-state index is 6.14. The maximum Gasteiger partial charge on any atom is 0.227 e. The molecular weight excluding hydrogens is 354 g/mol. The molecule has 1 aromatic carbocycles. The number of halogens is 4. The number of hydrogen-bond donors (Lipinski definition) is 0. The highest BCUT2D eigenvalue weighted by Gasteiger charge is 2.28. The topological polar surface area (TPSA) is 35.0 Å². The summed E-state index contributed by atoms with van der Waals surface area (Å²) in [6.45, 7) is 1.79. The first-order valence-corrected chi connectivity index (χ1v) is 7.83. The molecule has 0 saturated heterocycles. The summed E-state index contributed by atoms with van der Waals surface area (Å²) in [5.41, 5.74) is 0.656. The van der Waals surface area contributed by atoms with Crippen LogP contribution in [0.5, 0.6) is 11.6 Å². The second-order valence-corrected chi connectivity index (χ2v) is 6.46. The monoisotopic (exact) mass is 362 g/mol. The third-order valence-electron chi connectivity index (χ3n) is 3.18. The molecule has 1 saturated carbocycles. The van der Waals surface area contributed by atoms with Gasteiger partial charge in [0.1, 0.15) is 16.7 Å². The van der Waals surface area contributed by atoms with Crippen molar-refractivity contribution >= 4 is 46.4 Å². The molecule has 0 N–H and O–H groups in total. The van der Waals surface area contributed by atoms with E-state index in [4.69, 9.17) is 51.1 Å². The molecule has 0 radical (unpaired) electrons. The summed E-state index contributed by atoms with van der Waals surface area (Å²) in [7, 11) is 0. The van der Waals surface area contributed by atoms with Crippen LogP contribution in [0.1, 0.15) is 30.1 Å². The van der Waals surface area contributed by atoms with Crippen LogP contribution in [-0.4, -0.2) is 9.97 Å². The minimum Gasteiger partial charge on any atom is -0.437 e. The molecule has 3 nitrogen and oxygen atoms in total. The molecule has 1 aliphatic rings. The lowest BCUT2D eigenvalue weighted by Gasteiger charge is -2.12. The molecule has 7 heteroatoms. The first kappa shape index (κ1) is 15.2. The number of rotatable bonds is 3. The van der Waals surface area contributed by atoms with Gasteiger partial charge >= 0.3 is 0 Å². The molecule has 1 fully saturated rings. The van der Waals surface area contributed by atoms with Crippen LogP contribution in [0, 0.1) is 6.92 Å². The zero-order valence-corrected chi connectivity index (χ0v) is 14.0. The normalized spacial score (nSPS) is 14.3. The van der Waals surface area contributed by atoms with Gasteiger partial charge in [-0.2, -0.15) is 4.98 Å². The molecule has 1 aliphatic carbocycles. The molecule has 1 heterocycles. The standard InChI is InChI=1S/C14H10Cl4N2O/c1-6-12(18)19-13(7-2-3-7)20-14(6)21-11-5-9(16)8(15)4-10(11)17/h4-5,7H,2-3H2,1H3. The summed E-state index contributed by atoms with van der Waals surface area (Å²) in [6, 6.07) is 3.08. The summed E-state index contributed by atoms with van der Waals surface area (Å²) in [4.78, 5) is 8.72. The third kappa shape index (κ3) is 3.21. The Morgan fingerprint density at radius 2 is 1.67 bits per heavy atom. The molecule has 0 spiro atoms. The lowest BCUT2D eigenvalue weighted by molar-refractivity contribution is 0.454. The molecule has 2 aromatic rings. The number of benzene rings is 1. The van der Waals surface area contributed by atoms with Gasteiger partial charge in [-0.3, -0.25) is 0 Å². The second kappa shape index (κ2) is 5.81. The molecule has 1 aromatic heterocycles. The molecule has 0 aliphatic heterocycles. The number of nitrogens with zero attached hydrogens (tertiary/aromatic N) is 2. The molecule has 110 valence electrons. The van der Waals surface area contributed by atoms with Gasteiger partial charge in [-0.1, -0.05) is 46.4 Å². The van der Waals surface area contributed by atoms with E-state index in [1.807, 2.05) is 0 Å². The van der Waals surface area contributed by atoms with Gasteiger partial charge in [0.15, 0.2) is 0 Å². The van der Waals surface area contributed by atoms with Crippen LogP contribution in [0.25, 0.3) is 0 Å². The molecule has 0 amide bonds. The van der Waals surface area contributed by atoms with Gasteiger partial charge in [-0.15, -0.1) is 0 Å². The van der Waals surface area contributed by atoms with E-state index in [9.17, 15) is 0 Å². The average Bonchev–Trinajstić information content (AvgIpc) is 3.25. The smallest absolute Gasteiger partial charge is 0.227 e. The van der Waals surface area contributed by atoms with E-state index in [-0.39, 0.29) is 0 Å². The van der Waals surface area contributed by atoms with E-state index in [0.29, 0.717) is 49.2 Å². The van der Waals surface area contributed by atoms with Gasteiger partial charge in [0, 0.05) is 17.5 Å². The fraction of sp³-hybridized carbons (Fsp3) is 0.286. The van der Waals surface area contributed by atoms with Crippen LogP contribution in [0.15, 0.2) is 12.1 Å². The van der Waals surface area contributed by atoms with E-state index in [0.717, 1.165) is 12.8 Å². The Bertz CT molecular complexity index is 717. The van der Waals surface area contributed by atoms with Crippen molar-refractivity contribution in [2.24, 2.45) is 0 Å². The van der Waals surface area contributed by atoms with E-state index >= 15 is 0 Å². The first-order valence-electron chi connectivity index (χ1n) is 6.32. The highest BCUT2D eigenvalue weighted by molar-refractivity contribution is 6.43. The fourth-order valence-corrected chi connectivity index (χ4v) is 2.54. The molecule has 0 unspecified atom stereocenters. The van der Waals surface area contributed by atoms with Crippen molar-refractivity contribution in [3.05, 3.63) is 43.7 Å². The minimum absolute atomic E-state index is 0.353. The van der Waals surface area contributed by atoms with Crippen molar-refractivity contribution in [1.29, 1.82) is 0 Å². The van der Waals surface area contributed by atoms with Gasteiger partial charge in [0.05, 0.1) is 15.1 Å². The van der Waals surface area contributed by atoms with Crippen molar-refractivity contribution in [3.63, 3.8) is 0 Å². The summed E-state index contributed by atoms with van der Waals surface area (Å²) in [6.07, 6.45) is 2.15. The number of ether oxygens (including phenoxy) is 1. The van der Waals surface area contributed by atoms with Crippen LogP contribution in [0.2, 0.25) is 20.2 Å². The van der Waals surface area contributed by atoms with E-state index in [2.05, 4.69) is 9.97 Å². The zero-order valence-electron chi connectivity index (χ0n) is 11.0. The average molecular weight is 364 g/mol. The number of hydrogen-bond acceptors (Lipinski definition) is 3. The Morgan fingerprint density at radius 1 is 1.00 bits per heavy atom. The van der Waals surface area contributed by atoms with Crippen molar-refractivity contribution in [2.45, 2.75) is 25.7 Å². The summed E-state index contributed by atoms with van der Waals surface area (Å²) >= 11 is 24.1. The Balaban J connectivity index is 1.99. The Morgan fingerprint density at radius 3 is 2.33 bits per heavy atom. The van der Waals surface area contributed by atoms with E-state index in [1.54, 1.807) is 13.0 Å². The van der Waals surface area contributed by atoms with Crippen molar-refractivity contribution < 1.29 is 4.74 Å². The van der Waals surface area contributed by atoms with Crippen LogP contribution in [-0.2, 0) is 0 Å². The summed E-state index contributed by atoms with van der Waals surface area (Å²) < 4.78 is 5.76. The predicted octanol–water partition coefficient (Wildman–Crippen LogP) is 6.07. The summed E-state index contributed by atoms with van der Waals surface area (Å²) in [5.74, 6) is 1.84. The fourth-order valence-electron chi connectivity index (χ4n) is 1.80. The van der Waals surface area contributed by atoms with Crippen molar-refractivity contribution in [1.82, 2.24) is 9.97 Å². The zero-order chi connectivity index (χ0) is 15.1. The van der Waals surface area contributed by atoms with Crippen LogP contribution in [0.3, 0.4) is 0 Å². The van der Waals surface area contributed by atoms with Crippen molar-refractivity contribution in [2.75, 3.05) is 0 Å². The van der Waals surface area contributed by atoms with Gasteiger partial charge in [-0.05, 0) is 25.8 Å². The maximum atomic E-state index is 6.14. The van der Waals surface area contributed by atoms with Gasteiger partial charge in [-0.25, -0.2) is 4.98 Å². The van der Waals surface area contributed by atoms with Gasteiger partial charge < -0.3 is 4.74 Å². The third-order valence-corrected chi connectivity index (χ3v) is 4.57. The Kier molecular flexibility index (Phi) is 4.19. The van der Waals surface area contributed by atoms with Crippen molar-refractivity contribution in [3.8, 4) is 11.6 Å². The molecule has 0 bridgehead atoms. The highest BCUT2D eigenvalue weighted by atomic mass is 35.5. The van der Waals surface area contributed by atoms with Crippen LogP contribution in [0.4, 0.5) is 0 Å². The Labute approximate surface area is 142 Å². The molecule has 0 atom stereocenters. The first-order chi connectivity index (χ1) is 9.95. The Hall–Kier alpha value is -0.740. The lowest BCUT2D eigenvalue weighted by Crippen LogP contribution is -2.00. The quantitative estimate of drug-likeness (QED) is 0.490. The van der Waals surface area contributed by atoms with E-state index < -0.39 is 0 Å². The van der Waals surface area contributed by atoms with E-state index in [1.165, 1.54) is 6.07 Å². The lowest BCUT2D eigenvalue weighted by atomic mass is 10.3. The SMILES string of the molecule is Cc1c(Cl)nc(C2CC2)nc1Oc1cc(Cl)c(Cl)cc1Cl. The molecule has 3 rings (SSSR count). The van der Waals surface area contributed by atoms with Gasteiger partial charge in [0.25, 0.3) is 0 Å². The predicted molar refractivity (Wildman–Crippen MR) is 85.3 cm³/mol. The largest absolute Gasteiger partial charge is 0.437 e. The summed E-state index contributed by atoms with van der Waals surface area (Å²) in [5, 5.41) is 1.46.